The Morgan fingerprint density at radius 1 is 0.804 bits per heavy atom. The van der Waals surface area contributed by atoms with Crippen LogP contribution < -0.4 is 9.47 Å². The number of nitrogens with zero attached hydrogens (tertiary/aromatic N) is 4. The van der Waals surface area contributed by atoms with Crippen LogP contribution in [0.5, 0.6) is 11.5 Å². The smallest absolute Gasteiger partial charge is 0.397 e. The van der Waals surface area contributed by atoms with E-state index < -0.39 is 22.2 Å². The second kappa shape index (κ2) is 15.1. The van der Waals surface area contributed by atoms with E-state index in [1.54, 1.807) is 41.1 Å². The van der Waals surface area contributed by atoms with Crippen LogP contribution in [0.15, 0.2) is 58.1 Å². The predicted octanol–water partition coefficient (Wildman–Crippen LogP) is 12.6. The monoisotopic (exact) mass is 902 g/mol. The van der Waals surface area contributed by atoms with E-state index in [0.717, 1.165) is 11.3 Å². The molecule has 56 heavy (non-hydrogen) atoms. The fourth-order valence-corrected chi connectivity index (χ4v) is 10.9. The summed E-state index contributed by atoms with van der Waals surface area (Å²) in [5, 5.41) is 12.7. The molecule has 294 valence electrons. The third-order valence-corrected chi connectivity index (χ3v) is 14.3. The summed E-state index contributed by atoms with van der Waals surface area (Å²) >= 11 is 27.7. The molecular weight excluding hydrogens is 875 g/mol. The van der Waals surface area contributed by atoms with Crippen LogP contribution in [0.3, 0.4) is 0 Å². The highest BCUT2D eigenvalue weighted by atomic mass is 35.5. The highest BCUT2D eigenvalue weighted by molar-refractivity contribution is 7.88. The van der Waals surface area contributed by atoms with Crippen LogP contribution in [0.2, 0.25) is 20.1 Å². The van der Waals surface area contributed by atoms with Gasteiger partial charge in [-0.05, 0) is 60.7 Å². The van der Waals surface area contributed by atoms with E-state index in [4.69, 9.17) is 61.0 Å². The van der Waals surface area contributed by atoms with Crippen molar-refractivity contribution < 1.29 is 35.6 Å². The zero-order chi connectivity index (χ0) is 39.7. The second-order valence-electron chi connectivity index (χ2n) is 13.5. The minimum atomic E-state index is -4.58. The molecule has 9 nitrogen and oxygen atoms in total. The summed E-state index contributed by atoms with van der Waals surface area (Å²) in [5.74, 6) is -1.15. The molecule has 2 aliphatic rings. The van der Waals surface area contributed by atoms with Crippen molar-refractivity contribution in [2.24, 2.45) is 0 Å². The second-order valence-corrected chi connectivity index (χ2v) is 18.8. The number of unbranched alkanes of at least 4 members (excludes halogenated alkanes) is 2. The van der Waals surface area contributed by atoms with Gasteiger partial charge in [0.15, 0.2) is 4.21 Å². The largest absolute Gasteiger partial charge is 0.487 e. The maximum atomic E-state index is 14.9. The van der Waals surface area contributed by atoms with Crippen molar-refractivity contribution in [3.63, 3.8) is 0 Å². The van der Waals surface area contributed by atoms with Crippen LogP contribution in [0, 0.1) is 0 Å². The molecule has 0 fully saturated rings. The molecule has 6 heterocycles. The molecule has 2 aromatic carbocycles. The van der Waals surface area contributed by atoms with Crippen molar-refractivity contribution >= 4 is 79.2 Å². The Morgan fingerprint density at radius 3 is 1.98 bits per heavy atom. The summed E-state index contributed by atoms with van der Waals surface area (Å²) in [6, 6.07) is 12.8. The summed E-state index contributed by atoms with van der Waals surface area (Å²) in [7, 11) is -4.51. The van der Waals surface area contributed by atoms with Crippen LogP contribution in [0.25, 0.3) is 32.5 Å². The molecule has 2 unspecified atom stereocenters. The van der Waals surface area contributed by atoms with E-state index in [1.807, 2.05) is 12.3 Å². The molecule has 0 aliphatic carbocycles. The number of rotatable bonds is 11. The molecule has 19 heteroatoms. The van der Waals surface area contributed by atoms with E-state index in [-0.39, 0.29) is 52.6 Å². The molecule has 0 spiro atoms. The number of aromatic nitrogens is 4. The first kappa shape index (κ1) is 39.5. The third kappa shape index (κ3) is 7.34. The highest BCUT2D eigenvalue weighted by Crippen LogP contribution is 2.50. The van der Waals surface area contributed by atoms with Gasteiger partial charge in [-0.3, -0.25) is 4.55 Å². The molecule has 0 bridgehead atoms. The van der Waals surface area contributed by atoms with E-state index in [9.17, 15) is 26.1 Å². The summed E-state index contributed by atoms with van der Waals surface area (Å²) in [6.45, 7) is 1.99. The van der Waals surface area contributed by atoms with Crippen LogP contribution in [-0.4, -0.2) is 38.7 Å². The molecule has 6 aromatic rings. The number of hydrogen-bond acceptors (Lipinski definition) is 8. The van der Waals surface area contributed by atoms with Gasteiger partial charge in [-0.1, -0.05) is 72.6 Å². The summed E-state index contributed by atoms with van der Waals surface area (Å²) in [6.07, 6.45) is -2.79. The van der Waals surface area contributed by atoms with Crippen molar-refractivity contribution in [1.82, 2.24) is 19.6 Å². The van der Waals surface area contributed by atoms with Gasteiger partial charge in [-0.15, -0.1) is 22.7 Å². The normalized spacial score (nSPS) is 14.7. The van der Waals surface area contributed by atoms with Crippen LogP contribution in [-0.2, 0) is 23.3 Å². The lowest BCUT2D eigenvalue weighted by atomic mass is 9.91. The minimum Gasteiger partial charge on any atom is -0.487 e. The zero-order valence-corrected chi connectivity index (χ0v) is 34.5. The van der Waals surface area contributed by atoms with Crippen LogP contribution in [0.4, 0.5) is 13.2 Å². The molecule has 4 aromatic heterocycles. The van der Waals surface area contributed by atoms with E-state index in [0.29, 0.717) is 89.4 Å². The Bertz CT molecular complexity index is 2600. The first-order valence-corrected chi connectivity index (χ1v) is 21.9. The maximum absolute atomic E-state index is 14.9. The summed E-state index contributed by atoms with van der Waals surface area (Å²) in [4.78, 5) is 1.13. The van der Waals surface area contributed by atoms with Gasteiger partial charge in [0.1, 0.15) is 24.7 Å². The topological polar surface area (TPSA) is 108 Å². The number of benzene rings is 2. The number of thiophene rings is 2. The molecule has 0 saturated carbocycles. The molecule has 0 amide bonds. The predicted molar refractivity (Wildman–Crippen MR) is 213 cm³/mol. The first-order valence-electron chi connectivity index (χ1n) is 17.3. The first-order chi connectivity index (χ1) is 26.6. The average Bonchev–Trinajstić information content (AvgIpc) is 3.92. The van der Waals surface area contributed by atoms with Crippen molar-refractivity contribution in [1.29, 1.82) is 0 Å². The van der Waals surface area contributed by atoms with Gasteiger partial charge in [0.25, 0.3) is 0 Å². The molecule has 0 saturated heterocycles. The number of fused-ring (bicyclic) bond motifs is 6. The number of hydrogen-bond donors (Lipinski definition) is 1. The number of halogens is 7. The summed E-state index contributed by atoms with van der Waals surface area (Å²) < 4.78 is 93.2. The van der Waals surface area contributed by atoms with E-state index in [2.05, 4.69) is 5.10 Å². The Hall–Kier alpha value is -3.28. The van der Waals surface area contributed by atoms with Crippen LogP contribution >= 0.6 is 69.1 Å². The van der Waals surface area contributed by atoms with Crippen molar-refractivity contribution in [3.8, 4) is 44.0 Å². The third-order valence-electron chi connectivity index (χ3n) is 9.86. The molecule has 2 atom stereocenters. The van der Waals surface area contributed by atoms with E-state index in [1.165, 1.54) is 28.2 Å². The van der Waals surface area contributed by atoms with Gasteiger partial charge in [-0.25, -0.2) is 9.36 Å². The van der Waals surface area contributed by atoms with Gasteiger partial charge in [0.2, 0.25) is 0 Å². The molecular formula is C37H29Cl4F3N4O5S3. The molecule has 8 rings (SSSR count). The minimum absolute atomic E-state index is 0.0598. The SMILES string of the molecule is CC(CCCCCC(c1nn(-c2ccc(Cl)cc2Cl)c2c1COc1ccsc1-2)C(F)(F)F)c1nn(-c2ccc(Cl)cc2Cl)c2c1COc1cc(S(=O)(=O)O)sc1-2. The lowest BCUT2D eigenvalue weighted by molar-refractivity contribution is -0.153. The molecule has 2 aliphatic heterocycles. The zero-order valence-electron chi connectivity index (χ0n) is 29.0. The number of ether oxygens (including phenoxy) is 2. The standard InChI is InChI=1S/C37H29Cl4F3N4O5S3/c1-18(31-21-16-53-29-15-30(56(49,50)51)55-36(29)34(21)48(45-31)27-10-8-20(39)14-25(27)41)5-3-2-4-6-23(37(42,43)44)32-22-17-52-28-11-12-54-35(28)33(22)47(46-32)26-9-7-19(38)13-24(26)40/h7-15,18,23H,2-6,16-17H2,1H3,(H,49,50,51). The van der Waals surface area contributed by atoms with Crippen LogP contribution in [0.1, 0.15) is 73.4 Å². The molecule has 0 radical (unpaired) electrons. The summed E-state index contributed by atoms with van der Waals surface area (Å²) in [5.41, 5.74) is 3.70. The Morgan fingerprint density at radius 2 is 1.38 bits per heavy atom. The Balaban J connectivity index is 1.03. The fraction of sp³-hybridized carbons (Fsp3) is 0.297. The quantitative estimate of drug-likeness (QED) is 0.102. The average molecular weight is 905 g/mol. The Labute approximate surface area is 347 Å². The molecule has 1 N–H and O–H groups in total. The van der Waals surface area contributed by atoms with E-state index >= 15 is 0 Å². The fourth-order valence-electron chi connectivity index (χ4n) is 7.22. The highest BCUT2D eigenvalue weighted by Gasteiger charge is 2.45. The van der Waals surface area contributed by atoms with Gasteiger partial charge in [0.05, 0.1) is 59.9 Å². The lowest BCUT2D eigenvalue weighted by Gasteiger charge is -2.21. The van der Waals surface area contributed by atoms with Gasteiger partial charge >= 0.3 is 16.3 Å². The number of alkyl halides is 3. The Kier molecular flexibility index (Phi) is 10.7. The van der Waals surface area contributed by atoms with Gasteiger partial charge < -0.3 is 9.47 Å². The van der Waals surface area contributed by atoms with Gasteiger partial charge in [0, 0.05) is 33.2 Å². The van der Waals surface area contributed by atoms with Crippen molar-refractivity contribution in [2.75, 3.05) is 0 Å². The maximum Gasteiger partial charge on any atom is 0.397 e. The lowest BCUT2D eigenvalue weighted by Crippen LogP contribution is -2.23. The van der Waals surface area contributed by atoms with Crippen molar-refractivity contribution in [2.45, 2.75) is 74.5 Å². The van der Waals surface area contributed by atoms with Crippen molar-refractivity contribution in [3.05, 3.63) is 96.5 Å². The van der Waals surface area contributed by atoms with Gasteiger partial charge in [-0.2, -0.15) is 31.8 Å².